The van der Waals surface area contributed by atoms with E-state index in [4.69, 9.17) is 5.73 Å². The first-order valence-corrected chi connectivity index (χ1v) is 4.83. The van der Waals surface area contributed by atoms with Crippen molar-refractivity contribution in [1.29, 1.82) is 0 Å². The van der Waals surface area contributed by atoms with Crippen LogP contribution in [0.3, 0.4) is 0 Å². The van der Waals surface area contributed by atoms with Crippen LogP contribution in [0.1, 0.15) is 13.8 Å². The van der Waals surface area contributed by atoms with Crippen LogP contribution >= 0.6 is 11.3 Å². The molecule has 0 aliphatic carbocycles. The molecule has 0 atom stereocenters. The zero-order valence-corrected chi connectivity index (χ0v) is 8.56. The fraction of sp³-hybridized carbons (Fsp3) is 0.625. The van der Waals surface area contributed by atoms with Crippen molar-refractivity contribution in [2.24, 2.45) is 5.92 Å². The first-order chi connectivity index (χ1) is 5.59. The van der Waals surface area contributed by atoms with E-state index in [1.54, 1.807) is 6.20 Å². The molecule has 1 rings (SSSR count). The zero-order valence-electron chi connectivity index (χ0n) is 7.74. The van der Waals surface area contributed by atoms with Gasteiger partial charge in [0.15, 0.2) is 5.13 Å². The van der Waals surface area contributed by atoms with E-state index in [2.05, 4.69) is 23.7 Å². The summed E-state index contributed by atoms with van der Waals surface area (Å²) in [5, 5.41) is 1.78. The summed E-state index contributed by atoms with van der Waals surface area (Å²) in [5.41, 5.74) is 5.58. The van der Waals surface area contributed by atoms with Crippen molar-refractivity contribution in [3.05, 3.63) is 6.20 Å². The second-order valence-electron chi connectivity index (χ2n) is 3.32. The molecule has 0 saturated carbocycles. The van der Waals surface area contributed by atoms with E-state index >= 15 is 0 Å². The maximum atomic E-state index is 5.58. The molecule has 0 unspecified atom stereocenters. The third-order valence-electron chi connectivity index (χ3n) is 1.48. The Morgan fingerprint density at radius 1 is 1.67 bits per heavy atom. The van der Waals surface area contributed by atoms with Crippen molar-refractivity contribution in [3.8, 4) is 0 Å². The molecule has 0 saturated heterocycles. The summed E-state index contributed by atoms with van der Waals surface area (Å²) in [5.74, 6) is 0.653. The quantitative estimate of drug-likeness (QED) is 0.781. The van der Waals surface area contributed by atoms with Crippen LogP contribution < -0.4 is 10.6 Å². The maximum absolute atomic E-state index is 5.58. The van der Waals surface area contributed by atoms with Gasteiger partial charge in [0.25, 0.3) is 0 Å². The second kappa shape index (κ2) is 3.76. The molecule has 0 aromatic carbocycles. The number of thiazole rings is 1. The Labute approximate surface area is 77.2 Å². The molecule has 0 fully saturated rings. The average molecular weight is 185 g/mol. The highest BCUT2D eigenvalue weighted by Gasteiger charge is 2.06. The Morgan fingerprint density at radius 3 is 2.75 bits per heavy atom. The van der Waals surface area contributed by atoms with Crippen LogP contribution in [-0.2, 0) is 0 Å². The van der Waals surface area contributed by atoms with E-state index in [0.29, 0.717) is 5.92 Å². The summed E-state index contributed by atoms with van der Waals surface area (Å²) >= 11 is 1.53. The SMILES string of the molecule is CC(C)CN(C)c1ncc(N)s1. The molecular formula is C8H15N3S. The molecule has 0 bridgehead atoms. The summed E-state index contributed by atoms with van der Waals surface area (Å²) in [4.78, 5) is 6.32. The second-order valence-corrected chi connectivity index (χ2v) is 4.36. The summed E-state index contributed by atoms with van der Waals surface area (Å²) in [6.45, 7) is 5.40. The lowest BCUT2D eigenvalue weighted by molar-refractivity contribution is 0.637. The third-order valence-corrected chi connectivity index (χ3v) is 2.42. The molecule has 3 nitrogen and oxygen atoms in total. The number of nitrogen functional groups attached to an aromatic ring is 1. The first kappa shape index (κ1) is 9.32. The first-order valence-electron chi connectivity index (χ1n) is 4.02. The van der Waals surface area contributed by atoms with Crippen molar-refractivity contribution in [1.82, 2.24) is 4.98 Å². The standard InChI is InChI=1S/C8H15N3S/c1-6(2)5-11(3)8-10-4-7(9)12-8/h4,6H,5,9H2,1-3H3. The van der Waals surface area contributed by atoms with Crippen LogP contribution in [0.15, 0.2) is 6.20 Å². The highest BCUT2D eigenvalue weighted by molar-refractivity contribution is 7.19. The number of aromatic nitrogens is 1. The molecule has 2 N–H and O–H groups in total. The van der Waals surface area contributed by atoms with Crippen molar-refractivity contribution in [2.45, 2.75) is 13.8 Å². The van der Waals surface area contributed by atoms with E-state index in [-0.39, 0.29) is 0 Å². The van der Waals surface area contributed by atoms with Gasteiger partial charge >= 0.3 is 0 Å². The van der Waals surface area contributed by atoms with Crippen molar-refractivity contribution < 1.29 is 0 Å². The van der Waals surface area contributed by atoms with Crippen molar-refractivity contribution in [3.63, 3.8) is 0 Å². The molecule has 0 aliphatic heterocycles. The number of hydrogen-bond donors (Lipinski definition) is 1. The smallest absolute Gasteiger partial charge is 0.186 e. The third kappa shape index (κ3) is 2.37. The number of rotatable bonds is 3. The number of nitrogens with two attached hydrogens (primary N) is 1. The highest BCUT2D eigenvalue weighted by Crippen LogP contribution is 2.23. The van der Waals surface area contributed by atoms with Gasteiger partial charge in [-0.1, -0.05) is 25.2 Å². The monoisotopic (exact) mass is 185 g/mol. The molecule has 0 amide bonds. The van der Waals surface area contributed by atoms with Crippen molar-refractivity contribution in [2.75, 3.05) is 24.2 Å². The predicted octanol–water partition coefficient (Wildman–Crippen LogP) is 1.82. The number of anilines is 2. The van der Waals surface area contributed by atoms with Gasteiger partial charge in [0.1, 0.15) is 5.00 Å². The Balaban J connectivity index is 2.58. The van der Waals surface area contributed by atoms with Gasteiger partial charge in [-0.2, -0.15) is 0 Å². The van der Waals surface area contributed by atoms with E-state index in [1.807, 2.05) is 7.05 Å². The lowest BCUT2D eigenvalue weighted by atomic mass is 10.2. The normalized spacial score (nSPS) is 10.7. The molecule has 68 valence electrons. The number of nitrogens with zero attached hydrogens (tertiary/aromatic N) is 2. The summed E-state index contributed by atoms with van der Waals surface area (Å²) in [6.07, 6.45) is 1.71. The largest absolute Gasteiger partial charge is 0.389 e. The van der Waals surface area contributed by atoms with Crippen LogP contribution in [0.5, 0.6) is 0 Å². The van der Waals surface area contributed by atoms with Gasteiger partial charge < -0.3 is 10.6 Å². The lowest BCUT2D eigenvalue weighted by Gasteiger charge is -2.17. The van der Waals surface area contributed by atoms with Gasteiger partial charge in [0.2, 0.25) is 0 Å². The van der Waals surface area contributed by atoms with Gasteiger partial charge in [-0.25, -0.2) is 4.98 Å². The average Bonchev–Trinajstić information content (AvgIpc) is 2.34. The molecule has 0 spiro atoms. The van der Waals surface area contributed by atoms with Crippen molar-refractivity contribution >= 4 is 21.5 Å². The zero-order chi connectivity index (χ0) is 9.14. The Kier molecular flexibility index (Phi) is 2.92. The maximum Gasteiger partial charge on any atom is 0.186 e. The molecular weight excluding hydrogens is 170 g/mol. The van der Waals surface area contributed by atoms with Gasteiger partial charge in [-0.05, 0) is 5.92 Å². The van der Waals surface area contributed by atoms with Crippen LogP contribution in [-0.4, -0.2) is 18.6 Å². The molecule has 12 heavy (non-hydrogen) atoms. The highest BCUT2D eigenvalue weighted by atomic mass is 32.1. The molecule has 1 heterocycles. The van der Waals surface area contributed by atoms with Gasteiger partial charge in [-0.3, -0.25) is 0 Å². The molecule has 1 aromatic heterocycles. The van der Waals surface area contributed by atoms with E-state index in [9.17, 15) is 0 Å². The fourth-order valence-electron chi connectivity index (χ4n) is 1.08. The Morgan fingerprint density at radius 2 is 2.33 bits per heavy atom. The Hall–Kier alpha value is -0.770. The van der Waals surface area contributed by atoms with Crippen LogP contribution in [0.4, 0.5) is 10.1 Å². The predicted molar refractivity (Wildman–Crippen MR) is 54.6 cm³/mol. The summed E-state index contributed by atoms with van der Waals surface area (Å²) in [7, 11) is 2.04. The van der Waals surface area contributed by atoms with Gasteiger partial charge in [0, 0.05) is 13.6 Å². The molecule has 0 radical (unpaired) electrons. The molecule has 1 aromatic rings. The minimum atomic E-state index is 0.653. The van der Waals surface area contributed by atoms with Crippen LogP contribution in [0.2, 0.25) is 0 Å². The summed E-state index contributed by atoms with van der Waals surface area (Å²) in [6, 6.07) is 0. The van der Waals surface area contributed by atoms with E-state index in [0.717, 1.165) is 16.7 Å². The Bertz CT molecular complexity index is 244. The van der Waals surface area contributed by atoms with Crippen LogP contribution in [0.25, 0.3) is 0 Å². The minimum absolute atomic E-state index is 0.653. The van der Waals surface area contributed by atoms with Crippen LogP contribution in [0, 0.1) is 5.92 Å². The fourth-order valence-corrected chi connectivity index (χ4v) is 1.73. The minimum Gasteiger partial charge on any atom is -0.389 e. The molecule has 4 heteroatoms. The topological polar surface area (TPSA) is 42.2 Å². The summed E-state index contributed by atoms with van der Waals surface area (Å²) < 4.78 is 0. The number of hydrogen-bond acceptors (Lipinski definition) is 4. The van der Waals surface area contributed by atoms with E-state index in [1.165, 1.54) is 11.3 Å². The molecule has 0 aliphatic rings. The van der Waals surface area contributed by atoms with Gasteiger partial charge in [-0.15, -0.1) is 0 Å². The van der Waals surface area contributed by atoms with E-state index < -0.39 is 0 Å². The lowest BCUT2D eigenvalue weighted by Crippen LogP contribution is -2.22. The van der Waals surface area contributed by atoms with Gasteiger partial charge in [0.05, 0.1) is 6.20 Å².